The van der Waals surface area contributed by atoms with Crippen molar-refractivity contribution in [1.82, 2.24) is 9.13 Å². The minimum atomic E-state index is -0.454. The molecule has 256 valence electrons. The summed E-state index contributed by atoms with van der Waals surface area (Å²) in [7, 11) is 0. The molecule has 1 aliphatic carbocycles. The number of nitrogens with zero attached hydrogens (tertiary/aromatic N) is 2. The summed E-state index contributed by atoms with van der Waals surface area (Å²) in [6, 6.07) is 45.5. The Labute approximate surface area is 315 Å². The summed E-state index contributed by atoms with van der Waals surface area (Å²) < 4.78 is 5.39. The first-order valence-electron chi connectivity index (χ1n) is 19.9. The van der Waals surface area contributed by atoms with Crippen molar-refractivity contribution in [2.75, 3.05) is 0 Å². The van der Waals surface area contributed by atoms with Crippen LogP contribution in [0.5, 0.6) is 0 Å². The van der Waals surface area contributed by atoms with Crippen molar-refractivity contribution in [3.63, 3.8) is 0 Å². The average Bonchev–Trinajstić information content (AvgIpc) is 3.77. The van der Waals surface area contributed by atoms with Crippen molar-refractivity contribution < 1.29 is 0 Å². The minimum Gasteiger partial charge on any atom is -0.315 e. The summed E-state index contributed by atoms with van der Waals surface area (Å²) in [6.07, 6.45) is 0. The van der Waals surface area contributed by atoms with Gasteiger partial charge in [0.15, 0.2) is 0 Å². The van der Waals surface area contributed by atoms with E-state index in [1.807, 2.05) is 0 Å². The molecule has 0 amide bonds. The van der Waals surface area contributed by atoms with Crippen LogP contribution in [-0.4, -0.2) is 15.8 Å². The Morgan fingerprint density at radius 2 is 1.17 bits per heavy atom. The highest BCUT2D eigenvalue weighted by Crippen LogP contribution is 2.62. The lowest BCUT2D eigenvalue weighted by Crippen LogP contribution is -2.60. The van der Waals surface area contributed by atoms with Crippen LogP contribution in [0.15, 0.2) is 115 Å². The molecule has 0 radical (unpaired) electrons. The molecule has 0 saturated carbocycles. The van der Waals surface area contributed by atoms with Crippen LogP contribution < -0.4 is 16.4 Å². The van der Waals surface area contributed by atoms with Gasteiger partial charge in [0.05, 0.1) is 10.9 Å². The molecule has 2 aromatic heterocycles. The van der Waals surface area contributed by atoms with Crippen LogP contribution in [0.2, 0.25) is 0 Å². The van der Waals surface area contributed by atoms with Gasteiger partial charge in [0, 0.05) is 44.3 Å². The van der Waals surface area contributed by atoms with Crippen molar-refractivity contribution in [2.24, 2.45) is 0 Å². The van der Waals surface area contributed by atoms with Gasteiger partial charge in [-0.3, -0.25) is 0 Å². The zero-order chi connectivity index (χ0) is 36.1. The fraction of sp³-hybridized carbons (Fsp3) is 0.176. The zero-order valence-electron chi connectivity index (χ0n) is 31.6. The fourth-order valence-corrected chi connectivity index (χ4v) is 11.8. The number of aromatic nitrogens is 2. The number of benzene rings is 7. The van der Waals surface area contributed by atoms with Crippen LogP contribution in [0.25, 0.3) is 66.0 Å². The van der Waals surface area contributed by atoms with Gasteiger partial charge < -0.3 is 9.13 Å². The summed E-state index contributed by atoms with van der Waals surface area (Å²) >= 11 is 0. The molecule has 1 spiro atoms. The molecule has 2 nitrogen and oxygen atoms in total. The van der Waals surface area contributed by atoms with E-state index < -0.39 is 5.41 Å². The Kier molecular flexibility index (Phi) is 5.19. The monoisotopic (exact) mass is 690 g/mol. The van der Waals surface area contributed by atoms with Crippen molar-refractivity contribution in [3.05, 3.63) is 160 Å². The molecule has 9 aromatic rings. The van der Waals surface area contributed by atoms with Gasteiger partial charge >= 0.3 is 0 Å². The van der Waals surface area contributed by atoms with Crippen molar-refractivity contribution in [3.8, 4) is 22.5 Å². The quantitative estimate of drug-likeness (QED) is 0.160. The maximum Gasteiger partial charge on any atom is 0.253 e. The lowest BCUT2D eigenvalue weighted by atomic mass is 9.33. The van der Waals surface area contributed by atoms with E-state index in [2.05, 4.69) is 166 Å². The molecular formula is C51H39BN2. The molecule has 3 aliphatic heterocycles. The maximum atomic E-state index is 2.75. The summed E-state index contributed by atoms with van der Waals surface area (Å²) in [5.41, 5.74) is 24.8. The largest absolute Gasteiger partial charge is 0.315 e. The van der Waals surface area contributed by atoms with E-state index in [0.717, 1.165) is 0 Å². The molecule has 0 fully saturated rings. The first-order chi connectivity index (χ1) is 26.3. The van der Waals surface area contributed by atoms with Crippen LogP contribution in [0.4, 0.5) is 0 Å². The van der Waals surface area contributed by atoms with Gasteiger partial charge in [-0.25, -0.2) is 0 Å². The molecule has 7 aromatic carbocycles. The van der Waals surface area contributed by atoms with Gasteiger partial charge in [0.1, 0.15) is 0 Å². The van der Waals surface area contributed by atoms with Gasteiger partial charge in [-0.2, -0.15) is 0 Å². The Morgan fingerprint density at radius 3 is 1.89 bits per heavy atom. The van der Waals surface area contributed by atoms with Gasteiger partial charge in [-0.05, 0) is 127 Å². The van der Waals surface area contributed by atoms with Crippen LogP contribution in [-0.2, 0) is 5.41 Å². The van der Waals surface area contributed by atoms with Crippen LogP contribution in [0, 0.1) is 13.8 Å². The third-order valence-electron chi connectivity index (χ3n) is 14.2. The van der Waals surface area contributed by atoms with E-state index in [9.17, 15) is 0 Å². The van der Waals surface area contributed by atoms with E-state index in [-0.39, 0.29) is 6.71 Å². The topological polar surface area (TPSA) is 9.86 Å². The predicted molar refractivity (Wildman–Crippen MR) is 228 cm³/mol. The highest BCUT2D eigenvalue weighted by atomic mass is 15.1. The van der Waals surface area contributed by atoms with E-state index in [1.165, 1.54) is 127 Å². The lowest BCUT2D eigenvalue weighted by Gasteiger charge is -2.44. The lowest BCUT2D eigenvalue weighted by molar-refractivity contribution is 0.743. The standard InChI is InChI=1S/C51H39BN2/c1-26(2)31-22-37-38-23-32(27(3)4)25-43-48(38)54-47(37)42(24-31)51(39-17-11-9-15-34(39)35-16-10-12-18-40(35)51)41-19-20-44-46(50(41)54)52(43)45-33-14-8-7-13-30(33)21-36-28(5)29(6)53(44)49(36)45/h7-27H,1-6H3. The molecule has 0 N–H and O–H groups in total. The number of fused-ring (bicyclic) bond motifs is 13. The van der Waals surface area contributed by atoms with Gasteiger partial charge in [-0.15, -0.1) is 0 Å². The Bertz CT molecular complexity index is 3210. The van der Waals surface area contributed by atoms with E-state index >= 15 is 0 Å². The molecule has 0 atom stereocenters. The second kappa shape index (κ2) is 9.46. The second-order valence-corrected chi connectivity index (χ2v) is 17.2. The number of rotatable bonds is 2. The molecule has 4 aliphatic rings. The van der Waals surface area contributed by atoms with Crippen LogP contribution in [0.3, 0.4) is 0 Å². The van der Waals surface area contributed by atoms with Crippen molar-refractivity contribution in [1.29, 1.82) is 0 Å². The minimum absolute atomic E-state index is 0.0952. The average molecular weight is 691 g/mol. The second-order valence-electron chi connectivity index (χ2n) is 17.2. The maximum absolute atomic E-state index is 2.75. The van der Waals surface area contributed by atoms with Crippen molar-refractivity contribution in [2.45, 2.75) is 58.8 Å². The molecule has 3 heteroatoms. The smallest absolute Gasteiger partial charge is 0.253 e. The third kappa shape index (κ3) is 3.04. The third-order valence-corrected chi connectivity index (χ3v) is 14.2. The van der Waals surface area contributed by atoms with Crippen LogP contribution >= 0.6 is 0 Å². The van der Waals surface area contributed by atoms with Gasteiger partial charge in [0.2, 0.25) is 0 Å². The van der Waals surface area contributed by atoms with E-state index in [1.54, 1.807) is 0 Å². The first-order valence-corrected chi connectivity index (χ1v) is 19.9. The van der Waals surface area contributed by atoms with Crippen molar-refractivity contribution >= 4 is 66.6 Å². The summed E-state index contributed by atoms with van der Waals surface area (Å²) in [5, 5.41) is 6.88. The number of hydrogen-bond acceptors (Lipinski definition) is 0. The first kappa shape index (κ1) is 29.6. The van der Waals surface area contributed by atoms with Crippen LogP contribution in [0.1, 0.15) is 84.2 Å². The summed E-state index contributed by atoms with van der Waals surface area (Å²) in [5.74, 6) is 0.791. The zero-order valence-corrected chi connectivity index (χ0v) is 31.6. The molecule has 0 unspecified atom stereocenters. The van der Waals surface area contributed by atoms with E-state index in [0.29, 0.717) is 11.8 Å². The van der Waals surface area contributed by atoms with Gasteiger partial charge in [-0.1, -0.05) is 119 Å². The normalized spacial score (nSPS) is 14.9. The summed E-state index contributed by atoms with van der Waals surface area (Å²) in [6.45, 7) is 14.2. The highest BCUT2D eigenvalue weighted by Gasteiger charge is 2.54. The molecule has 0 bridgehead atoms. The molecule has 5 heterocycles. The molecule has 0 saturated heterocycles. The van der Waals surface area contributed by atoms with E-state index in [4.69, 9.17) is 0 Å². The molecule has 13 rings (SSSR count). The van der Waals surface area contributed by atoms with Gasteiger partial charge in [0.25, 0.3) is 6.71 Å². The molecular weight excluding hydrogens is 651 g/mol. The Balaban J connectivity index is 1.35. The summed E-state index contributed by atoms with van der Waals surface area (Å²) in [4.78, 5) is 0. The number of hydrogen-bond donors (Lipinski definition) is 0. The fourth-order valence-electron chi connectivity index (χ4n) is 11.8. The Morgan fingerprint density at radius 1 is 0.519 bits per heavy atom. The number of aryl methyl sites for hydroxylation is 1. The Hall–Kier alpha value is -5.80. The molecule has 54 heavy (non-hydrogen) atoms. The SMILES string of the molecule is Cc1c(C)n2c3c(c4ccccc4cc13)B1c3c-2ccc2c3-n3c4c1cc(C(C)C)cc4c1cc(C(C)C)cc(c13)C21c2ccccc2-c2ccccc21. The predicted octanol–water partition coefficient (Wildman–Crippen LogP) is 10.6. The highest BCUT2D eigenvalue weighted by molar-refractivity contribution is 7.01.